The van der Waals surface area contributed by atoms with E-state index in [0.717, 1.165) is 5.76 Å². The van der Waals surface area contributed by atoms with E-state index in [1.807, 2.05) is 13.0 Å². The Morgan fingerprint density at radius 2 is 2.38 bits per heavy atom. The number of hydrogen-bond donors (Lipinski definition) is 2. The summed E-state index contributed by atoms with van der Waals surface area (Å²) in [6.07, 6.45) is 0.361. The smallest absolute Gasteiger partial charge is 0.308 e. The Hall–Kier alpha value is -1.29. The van der Waals surface area contributed by atoms with E-state index in [1.54, 1.807) is 6.07 Å². The maximum absolute atomic E-state index is 10.6. The van der Waals surface area contributed by atoms with Crippen molar-refractivity contribution in [3.63, 3.8) is 0 Å². The first kappa shape index (κ1) is 9.80. The largest absolute Gasteiger partial charge is 0.481 e. The number of rotatable bonds is 4. The molecule has 1 unspecified atom stereocenters. The SMILES string of the molecule is Cc1ccc(CC(CN)C(=O)O)o1. The van der Waals surface area contributed by atoms with Crippen LogP contribution in [0.3, 0.4) is 0 Å². The summed E-state index contributed by atoms with van der Waals surface area (Å²) in [7, 11) is 0. The average molecular weight is 183 g/mol. The summed E-state index contributed by atoms with van der Waals surface area (Å²) in [6.45, 7) is 1.96. The van der Waals surface area contributed by atoms with E-state index in [1.165, 1.54) is 0 Å². The lowest BCUT2D eigenvalue weighted by molar-refractivity contribution is -0.141. The molecule has 0 aliphatic rings. The number of aliphatic carboxylic acids is 1. The molecular weight excluding hydrogens is 170 g/mol. The first-order chi connectivity index (χ1) is 6.13. The second-order valence-electron chi connectivity index (χ2n) is 2.99. The molecule has 0 amide bonds. The van der Waals surface area contributed by atoms with Crippen LogP contribution in [0.1, 0.15) is 11.5 Å². The van der Waals surface area contributed by atoms with E-state index in [2.05, 4.69) is 0 Å². The summed E-state index contributed by atoms with van der Waals surface area (Å²) in [5.74, 6) is 0.0358. The molecule has 3 N–H and O–H groups in total. The number of carbonyl (C=O) groups is 1. The van der Waals surface area contributed by atoms with E-state index < -0.39 is 11.9 Å². The third-order valence-electron chi connectivity index (χ3n) is 1.88. The molecule has 4 nitrogen and oxygen atoms in total. The van der Waals surface area contributed by atoms with Crippen LogP contribution in [-0.2, 0) is 11.2 Å². The average Bonchev–Trinajstić information content (AvgIpc) is 2.46. The van der Waals surface area contributed by atoms with E-state index in [0.29, 0.717) is 12.2 Å². The van der Waals surface area contributed by atoms with Gasteiger partial charge in [-0.1, -0.05) is 0 Å². The van der Waals surface area contributed by atoms with Crippen LogP contribution in [0.15, 0.2) is 16.5 Å². The third kappa shape index (κ3) is 2.59. The molecule has 0 fully saturated rings. The van der Waals surface area contributed by atoms with Gasteiger partial charge in [0.15, 0.2) is 0 Å². The summed E-state index contributed by atoms with van der Waals surface area (Å²) in [4.78, 5) is 10.6. The summed E-state index contributed by atoms with van der Waals surface area (Å²) in [6, 6.07) is 3.59. The van der Waals surface area contributed by atoms with Crippen LogP contribution in [-0.4, -0.2) is 17.6 Å². The fourth-order valence-corrected chi connectivity index (χ4v) is 1.11. The quantitative estimate of drug-likeness (QED) is 0.723. The van der Waals surface area contributed by atoms with Gasteiger partial charge in [-0.15, -0.1) is 0 Å². The molecule has 0 radical (unpaired) electrons. The maximum atomic E-state index is 10.6. The highest BCUT2D eigenvalue weighted by Crippen LogP contribution is 2.11. The molecular formula is C9H13NO3. The Labute approximate surface area is 76.3 Å². The molecule has 0 bridgehead atoms. The normalized spacial score (nSPS) is 12.8. The monoisotopic (exact) mass is 183 g/mol. The summed E-state index contributed by atoms with van der Waals surface area (Å²) in [5.41, 5.74) is 5.31. The van der Waals surface area contributed by atoms with Crippen LogP contribution < -0.4 is 5.73 Å². The lowest BCUT2D eigenvalue weighted by atomic mass is 10.1. The molecule has 13 heavy (non-hydrogen) atoms. The molecule has 0 saturated carbocycles. The molecule has 1 aromatic heterocycles. The zero-order valence-electron chi connectivity index (χ0n) is 7.49. The van der Waals surface area contributed by atoms with E-state index in [9.17, 15) is 4.79 Å². The Morgan fingerprint density at radius 1 is 1.69 bits per heavy atom. The third-order valence-corrected chi connectivity index (χ3v) is 1.88. The molecule has 0 saturated heterocycles. The number of hydrogen-bond acceptors (Lipinski definition) is 3. The van der Waals surface area contributed by atoms with Crippen molar-refractivity contribution >= 4 is 5.97 Å². The van der Waals surface area contributed by atoms with Gasteiger partial charge in [-0.05, 0) is 19.1 Å². The second kappa shape index (κ2) is 4.09. The molecule has 72 valence electrons. The molecule has 0 aromatic carbocycles. The number of nitrogens with two attached hydrogens (primary N) is 1. The molecule has 4 heteroatoms. The first-order valence-corrected chi connectivity index (χ1v) is 4.11. The minimum Gasteiger partial charge on any atom is -0.481 e. The van der Waals surface area contributed by atoms with Crippen LogP contribution in [0.25, 0.3) is 0 Å². The van der Waals surface area contributed by atoms with Crippen LogP contribution in [0, 0.1) is 12.8 Å². The van der Waals surface area contributed by atoms with Gasteiger partial charge in [-0.3, -0.25) is 4.79 Å². The molecule has 1 aromatic rings. The fraction of sp³-hybridized carbons (Fsp3) is 0.444. The predicted molar refractivity (Wildman–Crippen MR) is 47.3 cm³/mol. The predicted octanol–water partition coefficient (Wildman–Crippen LogP) is 0.790. The highest BCUT2D eigenvalue weighted by atomic mass is 16.4. The van der Waals surface area contributed by atoms with Crippen molar-refractivity contribution in [2.75, 3.05) is 6.54 Å². The zero-order valence-corrected chi connectivity index (χ0v) is 7.49. The number of furan rings is 1. The summed E-state index contributed by atoms with van der Waals surface area (Å²) < 4.78 is 5.25. The van der Waals surface area contributed by atoms with Crippen LogP contribution in [0.2, 0.25) is 0 Å². The van der Waals surface area contributed by atoms with E-state index >= 15 is 0 Å². The molecule has 1 heterocycles. The first-order valence-electron chi connectivity index (χ1n) is 4.11. The molecule has 0 aliphatic carbocycles. The number of aryl methyl sites for hydroxylation is 1. The van der Waals surface area contributed by atoms with Crippen molar-refractivity contribution in [2.45, 2.75) is 13.3 Å². The van der Waals surface area contributed by atoms with Gasteiger partial charge in [0.05, 0.1) is 5.92 Å². The Morgan fingerprint density at radius 3 is 2.77 bits per heavy atom. The van der Waals surface area contributed by atoms with Gasteiger partial charge in [0.2, 0.25) is 0 Å². The Kier molecular flexibility index (Phi) is 3.08. The van der Waals surface area contributed by atoms with Gasteiger partial charge >= 0.3 is 5.97 Å². The zero-order chi connectivity index (χ0) is 9.84. The van der Waals surface area contributed by atoms with Crippen molar-refractivity contribution in [3.8, 4) is 0 Å². The minimum atomic E-state index is -0.878. The highest BCUT2D eigenvalue weighted by Gasteiger charge is 2.17. The summed E-state index contributed by atoms with van der Waals surface area (Å²) >= 11 is 0. The van der Waals surface area contributed by atoms with Gasteiger partial charge in [0.1, 0.15) is 11.5 Å². The van der Waals surface area contributed by atoms with Crippen LogP contribution in [0.4, 0.5) is 0 Å². The Balaban J connectivity index is 2.61. The van der Waals surface area contributed by atoms with E-state index in [-0.39, 0.29) is 6.54 Å². The molecule has 1 rings (SSSR count). The van der Waals surface area contributed by atoms with Crippen molar-refractivity contribution in [1.29, 1.82) is 0 Å². The number of carboxylic acids is 1. The van der Waals surface area contributed by atoms with Gasteiger partial charge < -0.3 is 15.3 Å². The summed E-state index contributed by atoms with van der Waals surface area (Å²) in [5, 5.41) is 8.72. The van der Waals surface area contributed by atoms with Gasteiger partial charge in [-0.2, -0.15) is 0 Å². The topological polar surface area (TPSA) is 76.5 Å². The van der Waals surface area contributed by atoms with Crippen molar-refractivity contribution in [3.05, 3.63) is 23.7 Å². The molecule has 0 spiro atoms. The lowest BCUT2D eigenvalue weighted by Crippen LogP contribution is -2.25. The highest BCUT2D eigenvalue weighted by molar-refractivity contribution is 5.70. The van der Waals surface area contributed by atoms with Crippen LogP contribution in [0.5, 0.6) is 0 Å². The number of carboxylic acid groups (broad SMARTS) is 1. The van der Waals surface area contributed by atoms with Crippen molar-refractivity contribution in [1.82, 2.24) is 0 Å². The molecule has 1 atom stereocenters. The van der Waals surface area contributed by atoms with Crippen LogP contribution >= 0.6 is 0 Å². The van der Waals surface area contributed by atoms with Gasteiger partial charge in [0.25, 0.3) is 0 Å². The van der Waals surface area contributed by atoms with Crippen molar-refractivity contribution < 1.29 is 14.3 Å². The second-order valence-corrected chi connectivity index (χ2v) is 2.99. The van der Waals surface area contributed by atoms with Gasteiger partial charge in [0, 0.05) is 13.0 Å². The Bertz CT molecular complexity index is 293. The van der Waals surface area contributed by atoms with Crippen molar-refractivity contribution in [2.24, 2.45) is 11.7 Å². The molecule has 0 aliphatic heterocycles. The maximum Gasteiger partial charge on any atom is 0.308 e. The van der Waals surface area contributed by atoms with E-state index in [4.69, 9.17) is 15.3 Å². The lowest BCUT2D eigenvalue weighted by Gasteiger charge is -2.06. The standard InChI is InChI=1S/C9H13NO3/c1-6-2-3-8(13-6)4-7(5-10)9(11)12/h2-3,7H,4-5,10H2,1H3,(H,11,12). The minimum absolute atomic E-state index is 0.134. The fourth-order valence-electron chi connectivity index (χ4n) is 1.11. The van der Waals surface area contributed by atoms with Gasteiger partial charge in [-0.25, -0.2) is 0 Å².